The highest BCUT2D eigenvalue weighted by atomic mass is 127. The van der Waals surface area contributed by atoms with E-state index in [2.05, 4.69) is 50.4 Å². The molecule has 3 fully saturated rings. The number of piperidine rings is 2. The molecule has 2 aliphatic heterocycles. The number of amides is 1. The Kier molecular flexibility index (Phi) is 9.44. The molecular formula is C26H42IN5O. The number of carbonyl (C=O) groups is 1. The predicted molar refractivity (Wildman–Crippen MR) is 146 cm³/mol. The van der Waals surface area contributed by atoms with E-state index in [-0.39, 0.29) is 35.3 Å². The Morgan fingerprint density at radius 1 is 1.12 bits per heavy atom. The van der Waals surface area contributed by atoms with E-state index in [4.69, 9.17) is 0 Å². The average Bonchev–Trinajstić information content (AvgIpc) is 3.29. The highest BCUT2D eigenvalue weighted by molar-refractivity contribution is 14.0. The van der Waals surface area contributed by atoms with Crippen LogP contribution in [0.5, 0.6) is 0 Å². The smallest absolute Gasteiger partial charge is 0.230 e. The first-order valence-corrected chi connectivity index (χ1v) is 12.5. The number of hydrogen-bond donors (Lipinski definition) is 1. The molecule has 1 aromatic carbocycles. The summed E-state index contributed by atoms with van der Waals surface area (Å²) in [5, 5.41) is 3.62. The van der Waals surface area contributed by atoms with Gasteiger partial charge in [-0.3, -0.25) is 14.7 Å². The molecule has 0 radical (unpaired) electrons. The van der Waals surface area contributed by atoms with E-state index in [0.717, 1.165) is 51.3 Å². The van der Waals surface area contributed by atoms with Gasteiger partial charge in [0, 0.05) is 53.4 Å². The summed E-state index contributed by atoms with van der Waals surface area (Å²) in [6.07, 6.45) is 8.00. The maximum Gasteiger partial charge on any atom is 0.230 e. The predicted octanol–water partition coefficient (Wildman–Crippen LogP) is 3.81. The van der Waals surface area contributed by atoms with Crippen LogP contribution in [0, 0.1) is 11.3 Å². The molecule has 1 aromatic rings. The van der Waals surface area contributed by atoms with Crippen molar-refractivity contribution in [3.63, 3.8) is 0 Å². The van der Waals surface area contributed by atoms with Crippen molar-refractivity contribution in [2.24, 2.45) is 16.3 Å². The van der Waals surface area contributed by atoms with Crippen LogP contribution in [0.3, 0.4) is 0 Å². The lowest BCUT2D eigenvalue weighted by Crippen LogP contribution is -2.57. The second-order valence-corrected chi connectivity index (χ2v) is 10.2. The monoisotopic (exact) mass is 567 g/mol. The summed E-state index contributed by atoms with van der Waals surface area (Å²) in [6, 6.07) is 11.5. The molecule has 1 amide bonds. The van der Waals surface area contributed by atoms with Crippen molar-refractivity contribution in [1.82, 2.24) is 20.0 Å². The Hall–Kier alpha value is -1.35. The van der Waals surface area contributed by atoms with Gasteiger partial charge in [-0.05, 0) is 50.1 Å². The number of likely N-dealkylation sites (tertiary alicyclic amines) is 2. The zero-order valence-corrected chi connectivity index (χ0v) is 23.0. The Morgan fingerprint density at radius 2 is 1.85 bits per heavy atom. The highest BCUT2D eigenvalue weighted by Crippen LogP contribution is 2.39. The van der Waals surface area contributed by atoms with Gasteiger partial charge in [-0.15, -0.1) is 24.0 Å². The van der Waals surface area contributed by atoms with Crippen LogP contribution in [0.15, 0.2) is 35.3 Å². The summed E-state index contributed by atoms with van der Waals surface area (Å²) >= 11 is 0. The first-order valence-electron chi connectivity index (χ1n) is 12.5. The van der Waals surface area contributed by atoms with E-state index >= 15 is 0 Å². The van der Waals surface area contributed by atoms with Crippen LogP contribution in [0.1, 0.15) is 50.5 Å². The normalized spacial score (nSPS) is 25.2. The summed E-state index contributed by atoms with van der Waals surface area (Å²) in [5.74, 6) is 1.92. The third-order valence-corrected chi connectivity index (χ3v) is 7.93. The van der Waals surface area contributed by atoms with Gasteiger partial charge in [-0.25, -0.2) is 0 Å². The quantitative estimate of drug-likeness (QED) is 0.334. The summed E-state index contributed by atoms with van der Waals surface area (Å²) in [7, 11) is 5.64. The molecule has 4 rings (SSSR count). The second kappa shape index (κ2) is 11.9. The Balaban J connectivity index is 0.00000306. The molecule has 2 unspecified atom stereocenters. The fraction of sp³-hybridized carbons (Fsp3) is 0.692. The van der Waals surface area contributed by atoms with Gasteiger partial charge in [0.15, 0.2) is 5.96 Å². The SMILES string of the molecule is CN=C(NCC1(C(=O)N(C)C)CCCC1)N1CCC2C(CCCN2Cc2ccccc2)C1.I. The third-order valence-electron chi connectivity index (χ3n) is 7.93. The molecule has 2 atom stereocenters. The number of nitrogens with zero attached hydrogens (tertiary/aromatic N) is 4. The van der Waals surface area contributed by atoms with E-state index in [1.54, 1.807) is 4.90 Å². The van der Waals surface area contributed by atoms with E-state index < -0.39 is 0 Å². The molecule has 1 N–H and O–H groups in total. The highest BCUT2D eigenvalue weighted by Gasteiger charge is 2.43. The zero-order valence-electron chi connectivity index (χ0n) is 20.6. The van der Waals surface area contributed by atoms with Crippen molar-refractivity contribution in [3.05, 3.63) is 35.9 Å². The minimum absolute atomic E-state index is 0. The van der Waals surface area contributed by atoms with Crippen molar-refractivity contribution in [2.75, 3.05) is 47.3 Å². The van der Waals surface area contributed by atoms with Crippen LogP contribution in [0.4, 0.5) is 0 Å². The average molecular weight is 568 g/mol. The maximum absolute atomic E-state index is 12.9. The van der Waals surface area contributed by atoms with Gasteiger partial charge in [0.2, 0.25) is 5.91 Å². The lowest BCUT2D eigenvalue weighted by Gasteiger charge is -2.48. The number of rotatable bonds is 5. The zero-order chi connectivity index (χ0) is 22.6. The van der Waals surface area contributed by atoms with Gasteiger partial charge in [0.25, 0.3) is 0 Å². The molecule has 0 aromatic heterocycles. The molecule has 1 saturated carbocycles. The van der Waals surface area contributed by atoms with Gasteiger partial charge >= 0.3 is 0 Å². The minimum atomic E-state index is -0.269. The number of benzene rings is 1. The Labute approximate surface area is 217 Å². The van der Waals surface area contributed by atoms with Crippen LogP contribution < -0.4 is 5.32 Å². The van der Waals surface area contributed by atoms with Crippen LogP contribution in [0.2, 0.25) is 0 Å². The Bertz CT molecular complexity index is 793. The number of carbonyl (C=O) groups excluding carboxylic acids is 1. The van der Waals surface area contributed by atoms with E-state index in [1.807, 2.05) is 21.1 Å². The minimum Gasteiger partial charge on any atom is -0.355 e. The van der Waals surface area contributed by atoms with Gasteiger partial charge in [0.1, 0.15) is 0 Å². The van der Waals surface area contributed by atoms with Gasteiger partial charge < -0.3 is 15.1 Å². The summed E-state index contributed by atoms with van der Waals surface area (Å²) in [6.45, 7) is 5.05. The van der Waals surface area contributed by atoms with Crippen molar-refractivity contribution >= 4 is 35.8 Å². The lowest BCUT2D eigenvalue weighted by atomic mass is 9.83. The van der Waals surface area contributed by atoms with Gasteiger partial charge in [-0.1, -0.05) is 43.2 Å². The summed E-state index contributed by atoms with van der Waals surface area (Å²) in [5.41, 5.74) is 1.15. The van der Waals surface area contributed by atoms with Crippen LogP contribution in [0.25, 0.3) is 0 Å². The molecule has 3 aliphatic rings. The van der Waals surface area contributed by atoms with Crippen molar-refractivity contribution in [3.8, 4) is 0 Å². The Morgan fingerprint density at radius 3 is 2.52 bits per heavy atom. The van der Waals surface area contributed by atoms with Crippen LogP contribution in [-0.2, 0) is 11.3 Å². The van der Waals surface area contributed by atoms with Crippen LogP contribution in [-0.4, -0.2) is 79.9 Å². The molecular weight excluding hydrogens is 525 g/mol. The molecule has 7 heteroatoms. The molecule has 33 heavy (non-hydrogen) atoms. The number of halogens is 1. The van der Waals surface area contributed by atoms with E-state index in [1.165, 1.54) is 31.4 Å². The lowest BCUT2D eigenvalue weighted by molar-refractivity contribution is -0.138. The maximum atomic E-state index is 12.9. The number of fused-ring (bicyclic) bond motifs is 1. The van der Waals surface area contributed by atoms with Crippen LogP contribution >= 0.6 is 24.0 Å². The fourth-order valence-electron chi connectivity index (χ4n) is 6.29. The van der Waals surface area contributed by atoms with E-state index in [9.17, 15) is 4.79 Å². The van der Waals surface area contributed by atoms with Crippen molar-refractivity contribution in [2.45, 2.75) is 57.5 Å². The second-order valence-electron chi connectivity index (χ2n) is 10.2. The topological polar surface area (TPSA) is 51.2 Å². The molecule has 0 bridgehead atoms. The molecule has 0 spiro atoms. The summed E-state index contributed by atoms with van der Waals surface area (Å²) < 4.78 is 0. The van der Waals surface area contributed by atoms with Crippen molar-refractivity contribution < 1.29 is 4.79 Å². The van der Waals surface area contributed by atoms with Crippen molar-refractivity contribution in [1.29, 1.82) is 0 Å². The number of nitrogens with one attached hydrogen (secondary N) is 1. The number of hydrogen-bond acceptors (Lipinski definition) is 3. The third kappa shape index (κ3) is 6.02. The van der Waals surface area contributed by atoms with Gasteiger partial charge in [0.05, 0.1) is 5.41 Å². The molecule has 1 aliphatic carbocycles. The van der Waals surface area contributed by atoms with E-state index in [0.29, 0.717) is 18.5 Å². The molecule has 6 nitrogen and oxygen atoms in total. The fourth-order valence-corrected chi connectivity index (χ4v) is 6.29. The first kappa shape index (κ1) is 26.3. The molecule has 184 valence electrons. The number of guanidine groups is 1. The molecule has 2 heterocycles. The largest absolute Gasteiger partial charge is 0.355 e. The molecule has 2 saturated heterocycles. The van der Waals surface area contributed by atoms with Gasteiger partial charge in [-0.2, -0.15) is 0 Å². The summed E-state index contributed by atoms with van der Waals surface area (Å²) in [4.78, 5) is 24.5. The standard InChI is InChI=1S/C26H41N5O.HI/c1-27-25(28-20-26(14-7-8-15-26)24(32)29(2)3)31-17-13-23-22(19-31)12-9-16-30(23)18-21-10-5-4-6-11-21;/h4-6,10-11,22-23H,7-9,12-20H2,1-3H3,(H,27,28);1H. The first-order chi connectivity index (χ1) is 15.5. The number of aliphatic imine (C=N–C) groups is 1.